The Morgan fingerprint density at radius 3 is 1.97 bits per heavy atom. The molecule has 0 amide bonds. The van der Waals surface area contributed by atoms with Crippen molar-refractivity contribution in [3.63, 3.8) is 0 Å². The lowest BCUT2D eigenvalue weighted by Crippen LogP contribution is -2.00. The minimum Gasteiger partial charge on any atom is -0.507 e. The second-order valence-corrected chi connectivity index (χ2v) is 8.86. The first-order valence-electron chi connectivity index (χ1n) is 12.8. The van der Waals surface area contributed by atoms with E-state index in [1.165, 1.54) is 70.6 Å². The van der Waals surface area contributed by atoms with Gasteiger partial charge in [0, 0.05) is 6.42 Å². The first-order chi connectivity index (χ1) is 15.7. The highest BCUT2D eigenvalue weighted by molar-refractivity contribution is 5.99. The molecular formula is C30H42O2. The summed E-state index contributed by atoms with van der Waals surface area (Å²) < 4.78 is 0. The van der Waals surface area contributed by atoms with Gasteiger partial charge >= 0.3 is 0 Å². The molecular weight excluding hydrogens is 392 g/mol. The van der Waals surface area contributed by atoms with Gasteiger partial charge in [-0.05, 0) is 55.4 Å². The molecule has 0 unspecified atom stereocenters. The van der Waals surface area contributed by atoms with Crippen LogP contribution in [0.3, 0.4) is 0 Å². The monoisotopic (exact) mass is 434 g/mol. The van der Waals surface area contributed by atoms with Crippen molar-refractivity contribution in [2.75, 3.05) is 0 Å². The van der Waals surface area contributed by atoms with Crippen LogP contribution < -0.4 is 0 Å². The average Bonchev–Trinajstić information content (AvgIpc) is 2.82. The van der Waals surface area contributed by atoms with Crippen LogP contribution in [-0.2, 0) is 0 Å². The number of carbonyl (C=O) groups excluding carboxylic acids is 1. The molecule has 2 heteroatoms. The molecule has 0 saturated heterocycles. The molecule has 174 valence electrons. The van der Waals surface area contributed by atoms with Gasteiger partial charge in [-0.1, -0.05) is 107 Å². The maximum absolute atomic E-state index is 12.6. The molecule has 0 radical (unpaired) electrons. The molecule has 32 heavy (non-hydrogen) atoms. The second-order valence-electron chi connectivity index (χ2n) is 8.86. The minimum atomic E-state index is 0.0397. The Balaban J connectivity index is 1.55. The summed E-state index contributed by atoms with van der Waals surface area (Å²) in [5.74, 6) is 0.125. The number of allylic oxidation sites excluding steroid dienone is 2. The molecule has 0 atom stereocenters. The third kappa shape index (κ3) is 10.3. The fraction of sp³-hybridized carbons (Fsp3) is 0.500. The number of phenols is 1. The molecule has 2 aromatic carbocycles. The highest BCUT2D eigenvalue weighted by atomic mass is 16.3. The molecule has 0 aliphatic heterocycles. The van der Waals surface area contributed by atoms with Crippen LogP contribution in [0.2, 0.25) is 0 Å². The topological polar surface area (TPSA) is 37.3 Å². The lowest BCUT2D eigenvalue weighted by molar-refractivity contribution is 0.0976. The maximum Gasteiger partial charge on any atom is 0.166 e. The molecule has 0 heterocycles. The zero-order valence-corrected chi connectivity index (χ0v) is 20.0. The Morgan fingerprint density at radius 1 is 0.719 bits per heavy atom. The van der Waals surface area contributed by atoms with Crippen LogP contribution in [0.4, 0.5) is 0 Å². The van der Waals surface area contributed by atoms with E-state index in [0.29, 0.717) is 12.0 Å². The zero-order valence-electron chi connectivity index (χ0n) is 20.0. The summed E-state index contributed by atoms with van der Waals surface area (Å²) in [6.07, 6.45) is 21.4. The number of phenolic OH excluding ortho intramolecular Hbond substituents is 1. The van der Waals surface area contributed by atoms with E-state index in [2.05, 4.69) is 19.1 Å². The van der Waals surface area contributed by atoms with Gasteiger partial charge in [-0.3, -0.25) is 4.79 Å². The van der Waals surface area contributed by atoms with E-state index < -0.39 is 0 Å². The van der Waals surface area contributed by atoms with Crippen LogP contribution in [0.5, 0.6) is 5.75 Å². The van der Waals surface area contributed by atoms with Gasteiger partial charge in [0.05, 0.1) is 5.56 Å². The fourth-order valence-electron chi connectivity index (χ4n) is 4.06. The molecule has 0 fully saturated rings. The molecule has 0 aliphatic carbocycles. The third-order valence-electron chi connectivity index (χ3n) is 6.07. The number of benzene rings is 2. The lowest BCUT2D eigenvalue weighted by Gasteiger charge is -2.08. The molecule has 0 spiro atoms. The Hall–Kier alpha value is -2.35. The van der Waals surface area contributed by atoms with E-state index in [-0.39, 0.29) is 11.5 Å². The molecule has 2 nitrogen and oxygen atoms in total. The van der Waals surface area contributed by atoms with Gasteiger partial charge in [0.15, 0.2) is 5.78 Å². The second kappa shape index (κ2) is 16.3. The first kappa shape index (κ1) is 25.9. The summed E-state index contributed by atoms with van der Waals surface area (Å²) in [6, 6.07) is 15.3. The lowest BCUT2D eigenvalue weighted by atomic mass is 9.98. The van der Waals surface area contributed by atoms with Crippen LogP contribution in [0.15, 0.2) is 60.7 Å². The predicted molar refractivity (Wildman–Crippen MR) is 137 cm³/mol. The molecule has 0 aliphatic rings. The van der Waals surface area contributed by atoms with Crippen molar-refractivity contribution in [3.05, 3.63) is 66.2 Å². The summed E-state index contributed by atoms with van der Waals surface area (Å²) in [7, 11) is 0. The standard InChI is InChI=1S/C30H42O2/c1-2-3-4-5-6-7-8-9-10-11-12-13-14-15-19-22-29(31)28-25-27(23-24-30(28)32)26-20-17-16-18-21-26/h9-10,16-18,20-21,23-25,32H,2-8,11-15,19,22H2,1H3. The van der Waals surface area contributed by atoms with Gasteiger partial charge < -0.3 is 5.11 Å². The minimum absolute atomic E-state index is 0.0397. The predicted octanol–water partition coefficient (Wildman–Crippen LogP) is 9.28. The molecule has 0 saturated carbocycles. The van der Waals surface area contributed by atoms with Crippen LogP contribution >= 0.6 is 0 Å². The molecule has 1 N–H and O–H groups in total. The van der Waals surface area contributed by atoms with E-state index in [1.807, 2.05) is 42.5 Å². The van der Waals surface area contributed by atoms with E-state index >= 15 is 0 Å². The van der Waals surface area contributed by atoms with E-state index in [4.69, 9.17) is 0 Å². The normalized spacial score (nSPS) is 11.3. The van der Waals surface area contributed by atoms with Crippen molar-refractivity contribution in [2.45, 2.75) is 96.8 Å². The molecule has 0 aromatic heterocycles. The SMILES string of the molecule is CCCCCCCCC=CCCCCCCCC(=O)c1cc(-c2ccccc2)ccc1O. The van der Waals surface area contributed by atoms with Crippen molar-refractivity contribution >= 4 is 5.78 Å². The molecule has 2 rings (SSSR count). The van der Waals surface area contributed by atoms with Gasteiger partial charge in [0.1, 0.15) is 5.75 Å². The summed E-state index contributed by atoms with van der Waals surface area (Å²) in [5.41, 5.74) is 2.47. The van der Waals surface area contributed by atoms with Gasteiger partial charge in [-0.2, -0.15) is 0 Å². The number of rotatable bonds is 17. The Kier molecular flexibility index (Phi) is 13.2. The zero-order chi connectivity index (χ0) is 22.9. The van der Waals surface area contributed by atoms with Gasteiger partial charge in [-0.15, -0.1) is 0 Å². The fourth-order valence-corrected chi connectivity index (χ4v) is 4.06. The van der Waals surface area contributed by atoms with E-state index in [0.717, 1.165) is 24.0 Å². The number of hydrogen-bond acceptors (Lipinski definition) is 2. The van der Waals surface area contributed by atoms with Crippen LogP contribution in [0.1, 0.15) is 107 Å². The van der Waals surface area contributed by atoms with Crippen LogP contribution in [0, 0.1) is 0 Å². The summed E-state index contributed by atoms with van der Waals surface area (Å²) in [4.78, 5) is 12.6. The maximum atomic E-state index is 12.6. The van der Waals surface area contributed by atoms with E-state index in [9.17, 15) is 9.90 Å². The first-order valence-corrected chi connectivity index (χ1v) is 12.8. The van der Waals surface area contributed by atoms with Crippen LogP contribution in [-0.4, -0.2) is 10.9 Å². The van der Waals surface area contributed by atoms with Crippen molar-refractivity contribution in [2.24, 2.45) is 0 Å². The Morgan fingerprint density at radius 2 is 1.31 bits per heavy atom. The summed E-state index contributed by atoms with van der Waals surface area (Å²) in [5, 5.41) is 10.2. The largest absolute Gasteiger partial charge is 0.507 e. The van der Waals surface area contributed by atoms with Crippen molar-refractivity contribution in [1.29, 1.82) is 0 Å². The quantitative estimate of drug-likeness (QED) is 0.153. The number of hydrogen-bond donors (Lipinski definition) is 1. The van der Waals surface area contributed by atoms with Gasteiger partial charge in [0.25, 0.3) is 0 Å². The number of Topliss-reactive ketones (excluding diaryl/α,β-unsaturated/α-hetero) is 1. The molecule has 2 aromatic rings. The summed E-state index contributed by atoms with van der Waals surface area (Å²) in [6.45, 7) is 2.26. The third-order valence-corrected chi connectivity index (χ3v) is 6.07. The number of unbranched alkanes of at least 4 members (excludes halogenated alkanes) is 11. The summed E-state index contributed by atoms with van der Waals surface area (Å²) >= 11 is 0. The van der Waals surface area contributed by atoms with Crippen molar-refractivity contribution in [3.8, 4) is 16.9 Å². The Bertz CT molecular complexity index is 792. The Labute approximate surface area is 195 Å². The van der Waals surface area contributed by atoms with Crippen molar-refractivity contribution < 1.29 is 9.90 Å². The van der Waals surface area contributed by atoms with Gasteiger partial charge in [-0.25, -0.2) is 0 Å². The highest BCUT2D eigenvalue weighted by Crippen LogP contribution is 2.27. The van der Waals surface area contributed by atoms with Crippen LogP contribution in [0.25, 0.3) is 11.1 Å². The smallest absolute Gasteiger partial charge is 0.166 e. The van der Waals surface area contributed by atoms with E-state index in [1.54, 1.807) is 6.07 Å². The number of ketones is 1. The van der Waals surface area contributed by atoms with Gasteiger partial charge in [0.2, 0.25) is 0 Å². The van der Waals surface area contributed by atoms with Crippen molar-refractivity contribution in [1.82, 2.24) is 0 Å². The molecule has 0 bridgehead atoms. The highest BCUT2D eigenvalue weighted by Gasteiger charge is 2.12. The number of aromatic hydroxyl groups is 1. The number of carbonyl (C=O) groups is 1. The average molecular weight is 435 g/mol.